The van der Waals surface area contributed by atoms with Gasteiger partial charge in [-0.15, -0.1) is 10.2 Å². The molecular weight excluding hydrogens is 354 g/mol. The highest BCUT2D eigenvalue weighted by Gasteiger charge is 2.25. The van der Waals surface area contributed by atoms with E-state index < -0.39 is 5.97 Å². The minimum Gasteiger partial charge on any atom is -0.478 e. The van der Waals surface area contributed by atoms with E-state index in [2.05, 4.69) is 49.3 Å². The number of nitrogens with zero attached hydrogens (tertiary/aromatic N) is 4. The van der Waals surface area contributed by atoms with Gasteiger partial charge in [-0.3, -0.25) is 4.98 Å². The molecule has 0 amide bonds. The summed E-state index contributed by atoms with van der Waals surface area (Å²) in [6, 6.07) is 13.8. The Balaban J connectivity index is 1.50. The van der Waals surface area contributed by atoms with Crippen LogP contribution >= 0.6 is 0 Å². The minimum atomic E-state index is -0.920. The summed E-state index contributed by atoms with van der Waals surface area (Å²) in [7, 11) is 0. The number of carboxylic acids is 1. The fraction of sp³-hybridized carbons (Fsp3) is 0.333. The van der Waals surface area contributed by atoms with Gasteiger partial charge in [0.05, 0.1) is 18.2 Å². The van der Waals surface area contributed by atoms with E-state index in [4.69, 9.17) is 0 Å². The van der Waals surface area contributed by atoms with Gasteiger partial charge in [-0.1, -0.05) is 30.3 Å². The van der Waals surface area contributed by atoms with Gasteiger partial charge in [-0.05, 0) is 37.5 Å². The van der Waals surface area contributed by atoms with Crippen molar-refractivity contribution >= 4 is 5.97 Å². The second-order valence-electron chi connectivity index (χ2n) is 7.11. The van der Waals surface area contributed by atoms with Crippen molar-refractivity contribution in [1.82, 2.24) is 25.1 Å². The van der Waals surface area contributed by atoms with Crippen molar-refractivity contribution in [1.29, 1.82) is 0 Å². The van der Waals surface area contributed by atoms with E-state index >= 15 is 0 Å². The molecule has 28 heavy (non-hydrogen) atoms. The van der Waals surface area contributed by atoms with E-state index in [1.165, 1.54) is 5.56 Å². The second kappa shape index (κ2) is 7.90. The quantitative estimate of drug-likeness (QED) is 0.686. The molecule has 144 valence electrons. The van der Waals surface area contributed by atoms with Crippen molar-refractivity contribution in [3.8, 4) is 0 Å². The second-order valence-corrected chi connectivity index (χ2v) is 7.11. The number of hydrogen-bond acceptors (Lipinski definition) is 5. The lowest BCUT2D eigenvalue weighted by Crippen LogP contribution is -2.34. The lowest BCUT2D eigenvalue weighted by molar-refractivity contribution is 0.0696. The van der Waals surface area contributed by atoms with Gasteiger partial charge in [0, 0.05) is 24.4 Å². The molecule has 7 heteroatoms. The van der Waals surface area contributed by atoms with Crippen LogP contribution in [0.4, 0.5) is 0 Å². The van der Waals surface area contributed by atoms with Gasteiger partial charge < -0.3 is 15.0 Å². The Kier molecular flexibility index (Phi) is 5.16. The molecule has 1 aromatic carbocycles. The Morgan fingerprint density at radius 1 is 1.21 bits per heavy atom. The maximum atomic E-state index is 11.2. The smallest absolute Gasteiger partial charge is 0.335 e. The van der Waals surface area contributed by atoms with Crippen LogP contribution in [0.1, 0.15) is 51.4 Å². The predicted octanol–water partition coefficient (Wildman–Crippen LogP) is 2.55. The topological polar surface area (TPSA) is 92.9 Å². The summed E-state index contributed by atoms with van der Waals surface area (Å²) in [4.78, 5) is 15.7. The molecule has 1 atom stereocenters. The highest BCUT2D eigenvalue weighted by molar-refractivity contribution is 5.87. The first-order valence-corrected chi connectivity index (χ1v) is 9.51. The third-order valence-electron chi connectivity index (χ3n) is 5.04. The molecular formula is C21H23N5O2. The molecule has 4 rings (SSSR count). The zero-order chi connectivity index (χ0) is 19.5. The number of rotatable bonds is 6. The normalized spacial score (nSPS) is 16.0. The first-order chi connectivity index (χ1) is 13.6. The summed E-state index contributed by atoms with van der Waals surface area (Å²) in [5.74, 6) is 1.00. The van der Waals surface area contributed by atoms with Crippen molar-refractivity contribution < 1.29 is 9.90 Å². The van der Waals surface area contributed by atoms with Crippen LogP contribution in [0.5, 0.6) is 0 Å². The average Bonchev–Trinajstić information content (AvgIpc) is 3.11. The zero-order valence-electron chi connectivity index (χ0n) is 15.8. The van der Waals surface area contributed by atoms with Gasteiger partial charge in [0.15, 0.2) is 0 Å². The van der Waals surface area contributed by atoms with Crippen molar-refractivity contribution in [2.24, 2.45) is 0 Å². The van der Waals surface area contributed by atoms with E-state index in [-0.39, 0.29) is 11.6 Å². The Hall–Kier alpha value is -3.06. The van der Waals surface area contributed by atoms with Crippen molar-refractivity contribution in [2.45, 2.75) is 38.8 Å². The summed E-state index contributed by atoms with van der Waals surface area (Å²) >= 11 is 0. The van der Waals surface area contributed by atoms with Gasteiger partial charge in [0.2, 0.25) is 0 Å². The Morgan fingerprint density at radius 3 is 2.82 bits per heavy atom. The molecule has 2 N–H and O–H groups in total. The molecule has 0 saturated heterocycles. The molecule has 0 fully saturated rings. The van der Waals surface area contributed by atoms with Crippen LogP contribution in [0.2, 0.25) is 0 Å². The Labute approximate surface area is 163 Å². The largest absolute Gasteiger partial charge is 0.478 e. The number of carbonyl (C=O) groups is 1. The Morgan fingerprint density at radius 2 is 2.04 bits per heavy atom. The van der Waals surface area contributed by atoms with Crippen LogP contribution in [-0.2, 0) is 19.4 Å². The number of nitrogens with one attached hydrogen (secondary N) is 1. The summed E-state index contributed by atoms with van der Waals surface area (Å²) in [6.45, 7) is 3.39. The first kappa shape index (κ1) is 18.3. The monoisotopic (exact) mass is 377 g/mol. The van der Waals surface area contributed by atoms with Crippen LogP contribution in [0, 0.1) is 6.92 Å². The third-order valence-corrected chi connectivity index (χ3v) is 5.04. The molecule has 0 saturated carbocycles. The number of carboxylic acid groups (broad SMARTS) is 1. The molecule has 3 heterocycles. The standard InChI is InChI=1S/C21H23N5O2/c1-14-10-16(21(27)28)11-17(23-14)8-5-9-19-24-25-20-13-22-12-18(26(19)20)15-6-3-2-4-7-15/h2-4,6-7,10-11,18,22H,5,8-9,12-13H2,1H3,(H,27,28). The molecule has 0 bridgehead atoms. The van der Waals surface area contributed by atoms with Crippen molar-refractivity contribution in [3.05, 3.63) is 76.6 Å². The highest BCUT2D eigenvalue weighted by atomic mass is 16.4. The minimum absolute atomic E-state index is 0.186. The van der Waals surface area contributed by atoms with Gasteiger partial charge in [0.25, 0.3) is 0 Å². The number of aromatic nitrogens is 4. The molecule has 7 nitrogen and oxygen atoms in total. The number of aromatic carboxylic acids is 1. The predicted molar refractivity (Wildman–Crippen MR) is 104 cm³/mol. The third kappa shape index (κ3) is 3.80. The number of benzene rings is 1. The van der Waals surface area contributed by atoms with Gasteiger partial charge in [-0.2, -0.15) is 0 Å². The van der Waals surface area contributed by atoms with E-state index in [0.29, 0.717) is 6.42 Å². The maximum Gasteiger partial charge on any atom is 0.335 e. The molecule has 2 aromatic heterocycles. The first-order valence-electron chi connectivity index (χ1n) is 9.51. The van der Waals surface area contributed by atoms with Crippen LogP contribution < -0.4 is 5.32 Å². The van der Waals surface area contributed by atoms with Crippen LogP contribution in [0.15, 0.2) is 42.5 Å². The highest BCUT2D eigenvalue weighted by Crippen LogP contribution is 2.24. The van der Waals surface area contributed by atoms with Crippen molar-refractivity contribution in [3.63, 3.8) is 0 Å². The zero-order valence-corrected chi connectivity index (χ0v) is 15.8. The summed E-state index contributed by atoms with van der Waals surface area (Å²) in [5, 5.41) is 21.4. The fourth-order valence-electron chi connectivity index (χ4n) is 3.78. The maximum absolute atomic E-state index is 11.2. The fourth-order valence-corrected chi connectivity index (χ4v) is 3.78. The number of aryl methyl sites for hydroxylation is 3. The number of pyridine rings is 1. The van der Waals surface area contributed by atoms with Crippen LogP contribution in [0.3, 0.4) is 0 Å². The SMILES string of the molecule is Cc1cc(C(=O)O)cc(CCCc2nnc3n2C(c2ccccc2)CNC3)n1. The Bertz CT molecular complexity index is 984. The lowest BCUT2D eigenvalue weighted by atomic mass is 10.0. The molecule has 3 aromatic rings. The van der Waals surface area contributed by atoms with E-state index in [0.717, 1.165) is 49.0 Å². The van der Waals surface area contributed by atoms with E-state index in [1.54, 1.807) is 12.1 Å². The van der Waals surface area contributed by atoms with Gasteiger partial charge in [0.1, 0.15) is 11.6 Å². The van der Waals surface area contributed by atoms with Crippen LogP contribution in [0.25, 0.3) is 0 Å². The molecule has 1 aliphatic heterocycles. The van der Waals surface area contributed by atoms with Gasteiger partial charge >= 0.3 is 5.97 Å². The molecule has 0 spiro atoms. The summed E-state index contributed by atoms with van der Waals surface area (Å²) < 4.78 is 2.25. The molecule has 0 aliphatic carbocycles. The lowest BCUT2D eigenvalue weighted by Gasteiger charge is -2.27. The summed E-state index contributed by atoms with van der Waals surface area (Å²) in [6.07, 6.45) is 2.31. The van der Waals surface area contributed by atoms with E-state index in [9.17, 15) is 9.90 Å². The molecule has 1 aliphatic rings. The molecule has 1 unspecified atom stereocenters. The molecule has 0 radical (unpaired) electrons. The van der Waals surface area contributed by atoms with Gasteiger partial charge in [-0.25, -0.2) is 4.79 Å². The van der Waals surface area contributed by atoms with Crippen molar-refractivity contribution in [2.75, 3.05) is 6.54 Å². The average molecular weight is 377 g/mol. The van der Waals surface area contributed by atoms with E-state index in [1.807, 2.05) is 13.0 Å². The summed E-state index contributed by atoms with van der Waals surface area (Å²) in [5.41, 5.74) is 3.06. The number of hydrogen-bond donors (Lipinski definition) is 2. The number of fused-ring (bicyclic) bond motifs is 1. The van der Waals surface area contributed by atoms with Crippen LogP contribution in [-0.4, -0.2) is 37.4 Å².